The van der Waals surface area contributed by atoms with Gasteiger partial charge in [0.25, 0.3) is 6.47 Å². The highest BCUT2D eigenvalue weighted by Gasteiger charge is 2.45. The summed E-state index contributed by atoms with van der Waals surface area (Å²) in [6, 6.07) is 0. The molecule has 2 heterocycles. The van der Waals surface area contributed by atoms with E-state index < -0.39 is 0 Å². The lowest BCUT2D eigenvalue weighted by atomic mass is 10.0. The Kier molecular flexibility index (Phi) is 6.64. The number of carbonyl (C=O) groups excluding carboxylic acids is 1. The lowest BCUT2D eigenvalue weighted by Crippen LogP contribution is -2.47. The van der Waals surface area contributed by atoms with Crippen LogP contribution in [0.2, 0.25) is 0 Å². The van der Waals surface area contributed by atoms with Crippen LogP contribution in [0.1, 0.15) is 44.9 Å². The zero-order chi connectivity index (χ0) is 15.8. The molecule has 126 valence electrons. The van der Waals surface area contributed by atoms with E-state index in [1.54, 1.807) is 0 Å². The molecule has 0 aromatic carbocycles. The van der Waals surface area contributed by atoms with Crippen molar-refractivity contribution in [3.05, 3.63) is 0 Å². The SMILES string of the molecule is O=C(CC1CCOC1)NC1(CN2CCCCC2)CC1.O=CO. The minimum absolute atomic E-state index is 0.119. The Hall–Kier alpha value is -1.14. The normalized spacial score (nSPS) is 26.6. The van der Waals surface area contributed by atoms with Crippen molar-refractivity contribution in [2.75, 3.05) is 32.8 Å². The first-order chi connectivity index (χ1) is 10.7. The van der Waals surface area contributed by atoms with Crippen LogP contribution in [0.15, 0.2) is 0 Å². The van der Waals surface area contributed by atoms with Gasteiger partial charge in [-0.25, -0.2) is 0 Å². The molecular formula is C16H28N2O4. The van der Waals surface area contributed by atoms with Gasteiger partial charge in [0.05, 0.1) is 5.54 Å². The molecule has 2 N–H and O–H groups in total. The zero-order valence-electron chi connectivity index (χ0n) is 13.3. The monoisotopic (exact) mass is 312 g/mol. The van der Waals surface area contributed by atoms with Crippen LogP contribution in [-0.2, 0) is 14.3 Å². The summed E-state index contributed by atoms with van der Waals surface area (Å²) < 4.78 is 5.34. The summed E-state index contributed by atoms with van der Waals surface area (Å²) in [6.07, 6.45) is 8.05. The number of piperidine rings is 1. The summed E-state index contributed by atoms with van der Waals surface area (Å²) in [4.78, 5) is 23.0. The third-order valence-corrected chi connectivity index (χ3v) is 4.73. The van der Waals surface area contributed by atoms with Crippen molar-refractivity contribution in [2.45, 2.75) is 50.5 Å². The molecule has 0 spiro atoms. The first-order valence-electron chi connectivity index (χ1n) is 8.36. The largest absolute Gasteiger partial charge is 0.483 e. The van der Waals surface area contributed by atoms with Crippen molar-refractivity contribution < 1.29 is 19.4 Å². The standard InChI is InChI=1S/C15H26N2O2.CH2O2/c18-14(10-13-4-9-19-11-13)16-15(5-6-15)12-17-7-2-1-3-8-17;2-1-3/h13H,1-12H2,(H,16,18);1H,(H,2,3). The van der Waals surface area contributed by atoms with Crippen LogP contribution in [0.3, 0.4) is 0 Å². The number of hydrogen-bond donors (Lipinski definition) is 2. The third-order valence-electron chi connectivity index (χ3n) is 4.73. The molecule has 3 aliphatic rings. The van der Waals surface area contributed by atoms with Crippen LogP contribution in [0.25, 0.3) is 0 Å². The van der Waals surface area contributed by atoms with Crippen LogP contribution in [0, 0.1) is 5.92 Å². The second-order valence-corrected chi connectivity index (χ2v) is 6.70. The van der Waals surface area contributed by atoms with Gasteiger partial charge in [-0.05, 0) is 51.1 Å². The van der Waals surface area contributed by atoms with Crippen molar-refractivity contribution in [1.29, 1.82) is 0 Å². The molecule has 6 nitrogen and oxygen atoms in total. The fraction of sp³-hybridized carbons (Fsp3) is 0.875. The summed E-state index contributed by atoms with van der Waals surface area (Å²) in [7, 11) is 0. The summed E-state index contributed by atoms with van der Waals surface area (Å²) in [5.41, 5.74) is 0.119. The number of amides is 1. The zero-order valence-corrected chi connectivity index (χ0v) is 13.3. The second-order valence-electron chi connectivity index (χ2n) is 6.70. The Balaban J connectivity index is 0.000000545. The average molecular weight is 312 g/mol. The fourth-order valence-electron chi connectivity index (χ4n) is 3.37. The van der Waals surface area contributed by atoms with Crippen LogP contribution < -0.4 is 5.32 Å². The van der Waals surface area contributed by atoms with Crippen molar-refractivity contribution in [3.8, 4) is 0 Å². The van der Waals surface area contributed by atoms with Crippen molar-refractivity contribution in [3.63, 3.8) is 0 Å². The van der Waals surface area contributed by atoms with E-state index in [1.807, 2.05) is 0 Å². The van der Waals surface area contributed by atoms with Gasteiger partial charge in [-0.3, -0.25) is 9.59 Å². The molecular weight excluding hydrogens is 284 g/mol. The minimum atomic E-state index is -0.250. The molecule has 0 aromatic rings. The fourth-order valence-corrected chi connectivity index (χ4v) is 3.37. The number of likely N-dealkylation sites (tertiary alicyclic amines) is 1. The van der Waals surface area contributed by atoms with E-state index in [0.29, 0.717) is 12.3 Å². The molecule has 1 aliphatic carbocycles. The van der Waals surface area contributed by atoms with E-state index in [-0.39, 0.29) is 17.9 Å². The Morgan fingerprint density at radius 2 is 2.00 bits per heavy atom. The van der Waals surface area contributed by atoms with Gasteiger partial charge < -0.3 is 20.1 Å². The van der Waals surface area contributed by atoms with Crippen molar-refractivity contribution >= 4 is 12.4 Å². The molecule has 1 saturated carbocycles. The maximum absolute atomic E-state index is 12.1. The highest BCUT2D eigenvalue weighted by molar-refractivity contribution is 5.77. The van der Waals surface area contributed by atoms with Gasteiger partial charge in [0.1, 0.15) is 0 Å². The molecule has 3 fully saturated rings. The highest BCUT2D eigenvalue weighted by atomic mass is 16.5. The number of carbonyl (C=O) groups is 2. The predicted octanol–water partition coefficient (Wildman–Crippen LogP) is 1.25. The third kappa shape index (κ3) is 5.57. The number of rotatable bonds is 5. The molecule has 22 heavy (non-hydrogen) atoms. The number of nitrogens with zero attached hydrogens (tertiary/aromatic N) is 1. The van der Waals surface area contributed by atoms with Gasteiger partial charge in [-0.1, -0.05) is 6.42 Å². The molecule has 6 heteroatoms. The van der Waals surface area contributed by atoms with Crippen molar-refractivity contribution in [1.82, 2.24) is 10.2 Å². The van der Waals surface area contributed by atoms with Crippen LogP contribution in [-0.4, -0.2) is 60.8 Å². The van der Waals surface area contributed by atoms with Gasteiger partial charge >= 0.3 is 0 Å². The lowest BCUT2D eigenvalue weighted by Gasteiger charge is -2.31. The summed E-state index contributed by atoms with van der Waals surface area (Å²) in [5.74, 6) is 0.691. The van der Waals surface area contributed by atoms with Crippen LogP contribution >= 0.6 is 0 Å². The molecule has 2 saturated heterocycles. The number of hydrogen-bond acceptors (Lipinski definition) is 4. The van der Waals surface area contributed by atoms with Gasteiger partial charge in [0.15, 0.2) is 0 Å². The maximum Gasteiger partial charge on any atom is 0.290 e. The summed E-state index contributed by atoms with van der Waals surface area (Å²) >= 11 is 0. The van der Waals surface area contributed by atoms with Gasteiger partial charge in [-0.15, -0.1) is 0 Å². The molecule has 0 radical (unpaired) electrons. The molecule has 3 rings (SSSR count). The van der Waals surface area contributed by atoms with E-state index in [1.165, 1.54) is 32.4 Å². The van der Waals surface area contributed by atoms with Gasteiger partial charge in [0.2, 0.25) is 5.91 Å². The Morgan fingerprint density at radius 1 is 1.32 bits per heavy atom. The van der Waals surface area contributed by atoms with Gasteiger partial charge in [-0.2, -0.15) is 0 Å². The summed E-state index contributed by atoms with van der Waals surface area (Å²) in [5, 5.41) is 10.2. The molecule has 1 amide bonds. The maximum atomic E-state index is 12.1. The highest BCUT2D eigenvalue weighted by Crippen LogP contribution is 2.37. The molecule has 1 atom stereocenters. The van der Waals surface area contributed by atoms with E-state index >= 15 is 0 Å². The van der Waals surface area contributed by atoms with E-state index in [2.05, 4.69) is 10.2 Å². The van der Waals surface area contributed by atoms with Crippen molar-refractivity contribution in [2.24, 2.45) is 5.92 Å². The molecule has 0 bridgehead atoms. The number of carboxylic acid groups (broad SMARTS) is 1. The van der Waals surface area contributed by atoms with Crippen LogP contribution in [0.5, 0.6) is 0 Å². The first kappa shape index (κ1) is 17.2. The second kappa shape index (κ2) is 8.48. The quantitative estimate of drug-likeness (QED) is 0.747. The van der Waals surface area contributed by atoms with E-state index in [0.717, 1.165) is 39.0 Å². The number of ether oxygens (including phenoxy) is 1. The Labute approximate surface area is 132 Å². The topological polar surface area (TPSA) is 78.9 Å². The molecule has 0 aromatic heterocycles. The number of nitrogens with one attached hydrogen (secondary N) is 1. The first-order valence-corrected chi connectivity index (χ1v) is 8.36. The lowest BCUT2D eigenvalue weighted by molar-refractivity contribution is -0.124. The van der Waals surface area contributed by atoms with Gasteiger partial charge in [0, 0.05) is 26.2 Å². The predicted molar refractivity (Wildman–Crippen MR) is 82.6 cm³/mol. The van der Waals surface area contributed by atoms with Crippen LogP contribution in [0.4, 0.5) is 0 Å². The minimum Gasteiger partial charge on any atom is -0.483 e. The van der Waals surface area contributed by atoms with E-state index in [9.17, 15) is 4.79 Å². The molecule has 2 aliphatic heterocycles. The Morgan fingerprint density at radius 3 is 2.55 bits per heavy atom. The average Bonchev–Trinajstić information content (AvgIpc) is 3.03. The molecule has 1 unspecified atom stereocenters. The Bertz CT molecular complexity index is 359. The smallest absolute Gasteiger partial charge is 0.290 e. The summed E-state index contributed by atoms with van der Waals surface area (Å²) in [6.45, 7) is 4.85. The van der Waals surface area contributed by atoms with E-state index in [4.69, 9.17) is 14.6 Å².